The van der Waals surface area contributed by atoms with Crippen LogP contribution in [0.5, 0.6) is 0 Å². The van der Waals surface area contributed by atoms with E-state index in [0.29, 0.717) is 17.5 Å². The molecule has 270 valence electrons. The van der Waals surface area contributed by atoms with Crippen molar-refractivity contribution in [1.82, 2.24) is 28.9 Å². The number of rotatable bonds is 5. The van der Waals surface area contributed by atoms with Crippen molar-refractivity contribution >= 4 is 60.2 Å². The molecule has 6 heteroatoms. The fraction of sp³-hybridized carbons (Fsp3) is 0. The zero-order valence-corrected chi connectivity index (χ0v) is 31.2. The molecule has 0 bridgehead atoms. The van der Waals surface area contributed by atoms with E-state index in [-0.39, 0.29) is 0 Å². The first-order valence-electron chi connectivity index (χ1n) is 19.5. The van der Waals surface area contributed by atoms with Gasteiger partial charge in [-0.15, -0.1) is 0 Å². The van der Waals surface area contributed by atoms with Crippen LogP contribution in [0.15, 0.2) is 194 Å². The van der Waals surface area contributed by atoms with Crippen molar-refractivity contribution in [2.24, 2.45) is 0 Å². The second-order valence-corrected chi connectivity index (χ2v) is 14.7. The van der Waals surface area contributed by atoms with Crippen molar-refractivity contribution in [3.05, 3.63) is 194 Å². The number of hydrogen-bond acceptors (Lipinski definition) is 4. The molecule has 0 saturated heterocycles. The summed E-state index contributed by atoms with van der Waals surface area (Å²) in [4.78, 5) is 19.9. The van der Waals surface area contributed by atoms with Crippen LogP contribution >= 0.6 is 0 Å². The molecular weight excluding hydrogens is 709 g/mol. The summed E-state index contributed by atoms with van der Waals surface area (Å²) in [6.07, 6.45) is 0. The number of pyridine rings is 1. The average molecular weight is 741 g/mol. The van der Waals surface area contributed by atoms with E-state index < -0.39 is 0 Å². The maximum atomic E-state index is 5.19. The van der Waals surface area contributed by atoms with Gasteiger partial charge in [0.2, 0.25) is 0 Å². The number of para-hydroxylation sites is 4. The number of benzene rings is 8. The lowest BCUT2D eigenvalue weighted by atomic mass is 10.0. The second-order valence-electron chi connectivity index (χ2n) is 14.7. The third kappa shape index (κ3) is 5.05. The molecule has 0 fully saturated rings. The molecule has 0 spiro atoms. The summed E-state index contributed by atoms with van der Waals surface area (Å²) < 4.78 is 4.71. The van der Waals surface area contributed by atoms with Crippen LogP contribution in [-0.2, 0) is 0 Å². The summed E-state index contributed by atoms with van der Waals surface area (Å²) in [5, 5.41) is 5.96. The van der Waals surface area contributed by atoms with Gasteiger partial charge in [-0.25, -0.2) is 19.9 Å². The molecule has 0 radical (unpaired) electrons. The van der Waals surface area contributed by atoms with E-state index >= 15 is 0 Å². The van der Waals surface area contributed by atoms with Crippen molar-refractivity contribution in [3.63, 3.8) is 0 Å². The van der Waals surface area contributed by atoms with E-state index in [4.69, 9.17) is 19.9 Å². The first-order chi connectivity index (χ1) is 28.7. The van der Waals surface area contributed by atoms with Crippen molar-refractivity contribution in [3.8, 4) is 51.0 Å². The van der Waals surface area contributed by atoms with Crippen LogP contribution in [0.3, 0.4) is 0 Å². The summed E-state index contributed by atoms with van der Waals surface area (Å²) in [7, 11) is 0. The Balaban J connectivity index is 0.958. The molecule has 0 aliphatic rings. The maximum Gasteiger partial charge on any atom is 0.164 e. The fourth-order valence-corrected chi connectivity index (χ4v) is 8.60. The maximum absolute atomic E-state index is 5.19. The Labute approximate surface area is 333 Å². The number of hydrogen-bond donors (Lipinski definition) is 0. The first kappa shape index (κ1) is 32.3. The van der Waals surface area contributed by atoms with Gasteiger partial charge in [-0.2, -0.15) is 0 Å². The van der Waals surface area contributed by atoms with Gasteiger partial charge in [-0.3, -0.25) is 4.40 Å². The molecule has 0 aliphatic heterocycles. The molecular formula is C52H32N6. The van der Waals surface area contributed by atoms with Gasteiger partial charge in [0, 0.05) is 43.9 Å². The SMILES string of the molecule is c1ccc(-c2nc(-c3ccccc3)nc(-c3ccc(-c4ccc(-n5c6ccccc6c6cc7c(cc65)c5ccccc5n5c6ccccc6nc75)cc4)cc3)n2)cc1. The highest BCUT2D eigenvalue weighted by atomic mass is 15.0. The van der Waals surface area contributed by atoms with Crippen LogP contribution < -0.4 is 0 Å². The molecule has 8 aromatic carbocycles. The fourth-order valence-electron chi connectivity index (χ4n) is 8.60. The normalized spacial score (nSPS) is 11.8. The molecule has 12 aromatic rings. The van der Waals surface area contributed by atoms with E-state index in [9.17, 15) is 0 Å². The number of fused-ring (bicyclic) bond motifs is 11. The van der Waals surface area contributed by atoms with E-state index in [1.54, 1.807) is 0 Å². The molecule has 0 unspecified atom stereocenters. The van der Waals surface area contributed by atoms with Crippen molar-refractivity contribution in [2.75, 3.05) is 0 Å². The molecule has 0 amide bonds. The van der Waals surface area contributed by atoms with Crippen molar-refractivity contribution < 1.29 is 0 Å². The molecule has 0 saturated carbocycles. The Bertz CT molecular complexity index is 3470. The zero-order valence-electron chi connectivity index (χ0n) is 31.2. The second kappa shape index (κ2) is 12.8. The lowest BCUT2D eigenvalue weighted by molar-refractivity contribution is 1.07. The molecule has 58 heavy (non-hydrogen) atoms. The zero-order chi connectivity index (χ0) is 38.2. The van der Waals surface area contributed by atoms with Crippen LogP contribution in [0, 0.1) is 0 Å². The summed E-state index contributed by atoms with van der Waals surface area (Å²) in [6.45, 7) is 0. The Hall–Kier alpha value is -7.96. The first-order valence-corrected chi connectivity index (χ1v) is 19.5. The molecule has 0 N–H and O–H groups in total. The highest BCUT2D eigenvalue weighted by Crippen LogP contribution is 2.40. The molecule has 0 atom stereocenters. The van der Waals surface area contributed by atoms with E-state index in [1.165, 1.54) is 32.6 Å². The van der Waals surface area contributed by atoms with Gasteiger partial charge in [0.15, 0.2) is 17.5 Å². The Morgan fingerprint density at radius 3 is 1.41 bits per heavy atom. The Morgan fingerprint density at radius 1 is 0.293 bits per heavy atom. The minimum Gasteiger partial charge on any atom is -0.309 e. The van der Waals surface area contributed by atoms with E-state index in [0.717, 1.165) is 61.1 Å². The lowest BCUT2D eigenvalue weighted by Gasteiger charge is -2.12. The van der Waals surface area contributed by atoms with Crippen molar-refractivity contribution in [1.29, 1.82) is 0 Å². The van der Waals surface area contributed by atoms with Crippen LogP contribution in [0.2, 0.25) is 0 Å². The monoisotopic (exact) mass is 740 g/mol. The summed E-state index contributed by atoms with van der Waals surface area (Å²) in [5.74, 6) is 1.94. The summed E-state index contributed by atoms with van der Waals surface area (Å²) in [6, 6.07) is 68.1. The standard InChI is InChI=1S/C52H32N6/c1-3-13-35(14-4-1)49-54-50(36-15-5-2-6-16-36)56-51(55-49)37-25-23-33(24-26-37)34-27-29-38(30-28-34)57-45-20-10-8-18-40(45)42-31-43-41(32-48(42)57)39-17-7-11-21-46(39)58-47-22-12-9-19-44(47)53-52(43)58/h1-32H. The van der Waals surface area contributed by atoms with Crippen molar-refractivity contribution in [2.45, 2.75) is 0 Å². The van der Waals surface area contributed by atoms with Gasteiger partial charge in [-0.05, 0) is 65.0 Å². The van der Waals surface area contributed by atoms with Gasteiger partial charge in [-0.1, -0.05) is 146 Å². The summed E-state index contributed by atoms with van der Waals surface area (Å²) in [5.41, 5.74) is 12.8. The molecule has 12 rings (SSSR count). The van der Waals surface area contributed by atoms with Gasteiger partial charge in [0.1, 0.15) is 5.65 Å². The molecule has 0 aliphatic carbocycles. The highest BCUT2D eigenvalue weighted by molar-refractivity contribution is 6.21. The van der Waals surface area contributed by atoms with Crippen LogP contribution in [-0.4, -0.2) is 28.9 Å². The smallest absolute Gasteiger partial charge is 0.164 e. The van der Waals surface area contributed by atoms with E-state index in [1.807, 2.05) is 60.7 Å². The topological polar surface area (TPSA) is 60.9 Å². The largest absolute Gasteiger partial charge is 0.309 e. The van der Waals surface area contributed by atoms with Crippen LogP contribution in [0.1, 0.15) is 0 Å². The Morgan fingerprint density at radius 2 is 0.776 bits per heavy atom. The van der Waals surface area contributed by atoms with Crippen LogP contribution in [0.25, 0.3) is 111 Å². The lowest BCUT2D eigenvalue weighted by Crippen LogP contribution is -2.00. The predicted octanol–water partition coefficient (Wildman–Crippen LogP) is 12.7. The number of aromatic nitrogens is 6. The van der Waals surface area contributed by atoms with Gasteiger partial charge < -0.3 is 4.57 Å². The van der Waals surface area contributed by atoms with Crippen LogP contribution in [0.4, 0.5) is 0 Å². The quantitative estimate of drug-likeness (QED) is 0.165. The molecule has 4 heterocycles. The number of imidazole rings is 1. The average Bonchev–Trinajstić information content (AvgIpc) is 3.85. The van der Waals surface area contributed by atoms with Gasteiger partial charge in [0.05, 0.1) is 27.6 Å². The van der Waals surface area contributed by atoms with Gasteiger partial charge >= 0.3 is 0 Å². The third-order valence-corrected chi connectivity index (χ3v) is 11.4. The minimum absolute atomic E-state index is 0.642. The minimum atomic E-state index is 0.642. The van der Waals surface area contributed by atoms with E-state index in [2.05, 4.69) is 142 Å². The molecule has 6 nitrogen and oxygen atoms in total. The third-order valence-electron chi connectivity index (χ3n) is 11.4. The number of nitrogens with zero attached hydrogens (tertiary/aromatic N) is 6. The highest BCUT2D eigenvalue weighted by Gasteiger charge is 2.19. The predicted molar refractivity (Wildman–Crippen MR) is 237 cm³/mol. The van der Waals surface area contributed by atoms with Gasteiger partial charge in [0.25, 0.3) is 0 Å². The summed E-state index contributed by atoms with van der Waals surface area (Å²) >= 11 is 0. The Kier molecular flexibility index (Phi) is 7.13. The molecule has 4 aromatic heterocycles.